The second kappa shape index (κ2) is 5.93. The van der Waals surface area contributed by atoms with Gasteiger partial charge < -0.3 is 10.4 Å². The Hall–Kier alpha value is -1.06. The van der Waals surface area contributed by atoms with Gasteiger partial charge in [-0.25, -0.2) is 0 Å². The molecule has 2 fully saturated rings. The van der Waals surface area contributed by atoms with Crippen molar-refractivity contribution in [2.24, 2.45) is 11.8 Å². The van der Waals surface area contributed by atoms with Gasteiger partial charge in [0, 0.05) is 6.42 Å². The van der Waals surface area contributed by atoms with Crippen LogP contribution in [-0.2, 0) is 9.59 Å². The van der Waals surface area contributed by atoms with E-state index in [0.29, 0.717) is 12.8 Å². The van der Waals surface area contributed by atoms with Gasteiger partial charge >= 0.3 is 5.97 Å². The first-order valence-electron chi connectivity index (χ1n) is 7.55. The van der Waals surface area contributed by atoms with Crippen LogP contribution in [0.15, 0.2) is 0 Å². The maximum absolute atomic E-state index is 12.0. The van der Waals surface area contributed by atoms with Gasteiger partial charge in [0.15, 0.2) is 0 Å². The number of carbonyl (C=O) groups excluding carboxylic acids is 1. The SMILES string of the molecule is CC1(NC(=O)CCC2CCC2)CCCCC1C(=O)O. The van der Waals surface area contributed by atoms with Crippen molar-refractivity contribution in [2.75, 3.05) is 0 Å². The van der Waals surface area contributed by atoms with E-state index in [0.717, 1.165) is 31.6 Å². The van der Waals surface area contributed by atoms with Crippen molar-refractivity contribution in [2.45, 2.75) is 70.3 Å². The molecule has 2 saturated carbocycles. The lowest BCUT2D eigenvalue weighted by Crippen LogP contribution is -2.55. The van der Waals surface area contributed by atoms with Crippen molar-refractivity contribution in [1.29, 1.82) is 0 Å². The molecular weight excluding hydrogens is 242 g/mol. The van der Waals surface area contributed by atoms with Gasteiger partial charge in [-0.05, 0) is 32.1 Å². The molecule has 0 spiro atoms. The molecule has 0 heterocycles. The molecule has 1 amide bonds. The van der Waals surface area contributed by atoms with Crippen LogP contribution in [0.5, 0.6) is 0 Å². The van der Waals surface area contributed by atoms with Gasteiger partial charge in [-0.2, -0.15) is 0 Å². The zero-order valence-corrected chi connectivity index (χ0v) is 11.8. The number of hydrogen-bond donors (Lipinski definition) is 2. The zero-order chi connectivity index (χ0) is 13.9. The fraction of sp³-hybridized carbons (Fsp3) is 0.867. The van der Waals surface area contributed by atoms with E-state index in [1.54, 1.807) is 0 Å². The second-order valence-corrected chi connectivity index (χ2v) is 6.44. The third-order valence-electron chi connectivity index (χ3n) is 4.94. The van der Waals surface area contributed by atoms with Crippen molar-refractivity contribution in [3.8, 4) is 0 Å². The number of aliphatic carboxylic acids is 1. The second-order valence-electron chi connectivity index (χ2n) is 6.44. The van der Waals surface area contributed by atoms with Crippen LogP contribution in [0.4, 0.5) is 0 Å². The molecule has 2 rings (SSSR count). The van der Waals surface area contributed by atoms with Gasteiger partial charge in [-0.1, -0.05) is 32.1 Å². The normalized spacial score (nSPS) is 31.5. The molecule has 2 unspecified atom stereocenters. The average molecular weight is 267 g/mol. The number of carboxylic acids is 1. The standard InChI is InChI=1S/C15H25NO3/c1-15(10-3-2-7-12(15)14(18)19)16-13(17)9-8-11-5-4-6-11/h11-12H,2-10H2,1H3,(H,16,17)(H,18,19). The topological polar surface area (TPSA) is 66.4 Å². The molecule has 2 aliphatic rings. The molecule has 0 aromatic carbocycles. The van der Waals surface area contributed by atoms with E-state index in [1.807, 2.05) is 6.92 Å². The molecule has 0 aliphatic heterocycles. The van der Waals surface area contributed by atoms with Crippen LogP contribution in [0.3, 0.4) is 0 Å². The van der Waals surface area contributed by atoms with Crippen molar-refractivity contribution >= 4 is 11.9 Å². The van der Waals surface area contributed by atoms with Crippen molar-refractivity contribution < 1.29 is 14.7 Å². The maximum Gasteiger partial charge on any atom is 0.308 e. The molecule has 0 bridgehead atoms. The molecule has 19 heavy (non-hydrogen) atoms. The molecule has 0 aromatic rings. The third-order valence-corrected chi connectivity index (χ3v) is 4.94. The summed E-state index contributed by atoms with van der Waals surface area (Å²) in [5.74, 6) is -0.460. The predicted octanol–water partition coefficient (Wildman–Crippen LogP) is 2.72. The molecule has 0 radical (unpaired) electrons. The number of carbonyl (C=O) groups is 2. The van der Waals surface area contributed by atoms with Crippen molar-refractivity contribution in [1.82, 2.24) is 5.32 Å². The third kappa shape index (κ3) is 3.48. The minimum absolute atomic E-state index is 0.0301. The lowest BCUT2D eigenvalue weighted by molar-refractivity contribution is -0.146. The van der Waals surface area contributed by atoms with Crippen LogP contribution in [-0.4, -0.2) is 22.5 Å². The Balaban J connectivity index is 1.86. The van der Waals surface area contributed by atoms with Gasteiger partial charge in [0.05, 0.1) is 11.5 Å². The maximum atomic E-state index is 12.0. The van der Waals surface area contributed by atoms with Crippen LogP contribution in [0, 0.1) is 11.8 Å². The highest BCUT2D eigenvalue weighted by atomic mass is 16.4. The molecular formula is C15H25NO3. The number of hydrogen-bond acceptors (Lipinski definition) is 2. The number of nitrogens with one attached hydrogen (secondary N) is 1. The Labute approximate surface area is 115 Å². The number of rotatable bonds is 5. The Morgan fingerprint density at radius 1 is 1.21 bits per heavy atom. The lowest BCUT2D eigenvalue weighted by Gasteiger charge is -2.40. The molecule has 4 nitrogen and oxygen atoms in total. The average Bonchev–Trinajstić information content (AvgIpc) is 2.26. The molecule has 0 aromatic heterocycles. The summed E-state index contributed by atoms with van der Waals surface area (Å²) in [7, 11) is 0. The van der Waals surface area contributed by atoms with E-state index < -0.39 is 17.4 Å². The summed E-state index contributed by atoms with van der Waals surface area (Å²) in [5, 5.41) is 12.3. The minimum Gasteiger partial charge on any atom is -0.481 e. The van der Waals surface area contributed by atoms with Gasteiger partial charge in [0.2, 0.25) is 5.91 Å². The van der Waals surface area contributed by atoms with E-state index >= 15 is 0 Å². The molecule has 2 aliphatic carbocycles. The van der Waals surface area contributed by atoms with E-state index in [2.05, 4.69) is 5.32 Å². The summed E-state index contributed by atoms with van der Waals surface area (Å²) >= 11 is 0. The fourth-order valence-corrected chi connectivity index (χ4v) is 3.38. The number of amides is 1. The summed E-state index contributed by atoms with van der Waals surface area (Å²) in [6, 6.07) is 0. The summed E-state index contributed by atoms with van der Waals surface area (Å²) in [5.41, 5.74) is -0.555. The largest absolute Gasteiger partial charge is 0.481 e. The number of carboxylic acid groups (broad SMARTS) is 1. The van der Waals surface area contributed by atoms with Gasteiger partial charge in [0.1, 0.15) is 0 Å². The summed E-state index contributed by atoms with van der Waals surface area (Å²) in [6.45, 7) is 1.90. The van der Waals surface area contributed by atoms with Gasteiger partial charge in [-0.3, -0.25) is 9.59 Å². The summed E-state index contributed by atoms with van der Waals surface area (Å²) in [6.07, 6.45) is 8.71. The highest BCUT2D eigenvalue weighted by Gasteiger charge is 2.42. The van der Waals surface area contributed by atoms with Gasteiger partial charge in [0.25, 0.3) is 0 Å². The highest BCUT2D eigenvalue weighted by molar-refractivity contribution is 5.79. The predicted molar refractivity (Wildman–Crippen MR) is 72.7 cm³/mol. The molecule has 108 valence electrons. The Morgan fingerprint density at radius 2 is 1.95 bits per heavy atom. The first-order valence-corrected chi connectivity index (χ1v) is 7.55. The Bertz CT molecular complexity index is 351. The molecule has 2 atom stereocenters. The Kier molecular flexibility index (Phi) is 4.48. The molecule has 4 heteroatoms. The first-order chi connectivity index (χ1) is 9.01. The monoisotopic (exact) mass is 267 g/mol. The lowest BCUT2D eigenvalue weighted by atomic mass is 9.73. The quantitative estimate of drug-likeness (QED) is 0.805. The Morgan fingerprint density at radius 3 is 2.53 bits per heavy atom. The van der Waals surface area contributed by atoms with Crippen LogP contribution in [0.1, 0.15) is 64.7 Å². The van der Waals surface area contributed by atoms with E-state index in [-0.39, 0.29) is 5.91 Å². The van der Waals surface area contributed by atoms with Gasteiger partial charge in [-0.15, -0.1) is 0 Å². The minimum atomic E-state index is -0.776. The summed E-state index contributed by atoms with van der Waals surface area (Å²) < 4.78 is 0. The highest BCUT2D eigenvalue weighted by Crippen LogP contribution is 2.34. The zero-order valence-electron chi connectivity index (χ0n) is 11.8. The van der Waals surface area contributed by atoms with Crippen LogP contribution < -0.4 is 5.32 Å². The van der Waals surface area contributed by atoms with Crippen LogP contribution >= 0.6 is 0 Å². The van der Waals surface area contributed by atoms with E-state index in [9.17, 15) is 14.7 Å². The van der Waals surface area contributed by atoms with Crippen LogP contribution in [0.25, 0.3) is 0 Å². The smallest absolute Gasteiger partial charge is 0.308 e. The van der Waals surface area contributed by atoms with E-state index in [4.69, 9.17) is 0 Å². The fourth-order valence-electron chi connectivity index (χ4n) is 3.38. The van der Waals surface area contributed by atoms with Crippen molar-refractivity contribution in [3.05, 3.63) is 0 Å². The summed E-state index contributed by atoms with van der Waals surface area (Å²) in [4.78, 5) is 23.3. The van der Waals surface area contributed by atoms with Crippen LogP contribution in [0.2, 0.25) is 0 Å². The van der Waals surface area contributed by atoms with E-state index in [1.165, 1.54) is 19.3 Å². The molecule has 0 saturated heterocycles. The molecule has 2 N–H and O–H groups in total. The first kappa shape index (κ1) is 14.4. The van der Waals surface area contributed by atoms with Crippen molar-refractivity contribution in [3.63, 3.8) is 0 Å².